The molecular weight excluding hydrogens is 238 g/mol. The molecule has 1 amide bonds. The Morgan fingerprint density at radius 1 is 1.37 bits per heavy atom. The monoisotopic (exact) mass is 257 g/mol. The van der Waals surface area contributed by atoms with Gasteiger partial charge in [0.05, 0.1) is 0 Å². The van der Waals surface area contributed by atoms with Crippen molar-refractivity contribution in [3.63, 3.8) is 0 Å². The van der Waals surface area contributed by atoms with Gasteiger partial charge in [-0.15, -0.1) is 0 Å². The van der Waals surface area contributed by atoms with Crippen molar-refractivity contribution in [1.82, 2.24) is 0 Å². The third kappa shape index (κ3) is 3.02. The topological polar surface area (TPSA) is 81.5 Å². The molecule has 1 aliphatic carbocycles. The van der Waals surface area contributed by atoms with Crippen molar-refractivity contribution in [2.45, 2.75) is 26.2 Å². The van der Waals surface area contributed by atoms with Gasteiger partial charge in [0.1, 0.15) is 0 Å². The summed E-state index contributed by atoms with van der Waals surface area (Å²) in [6.07, 6.45) is 4.77. The number of aryl methyl sites for hydroxylation is 1. The quantitative estimate of drug-likeness (QED) is 0.626. The number of guanidine groups is 1. The lowest BCUT2D eigenvalue weighted by atomic mass is 9.92. The van der Waals surface area contributed by atoms with E-state index in [0.717, 1.165) is 24.8 Å². The summed E-state index contributed by atoms with van der Waals surface area (Å²) in [5.41, 5.74) is 13.7. The minimum absolute atomic E-state index is 0.182. The van der Waals surface area contributed by atoms with Gasteiger partial charge in [-0.1, -0.05) is 31.2 Å². The van der Waals surface area contributed by atoms with Crippen molar-refractivity contribution in [3.8, 4) is 0 Å². The van der Waals surface area contributed by atoms with Crippen LogP contribution in [-0.2, 0) is 11.2 Å². The lowest BCUT2D eigenvalue weighted by Crippen LogP contribution is -2.25. The Kier molecular flexibility index (Phi) is 4.00. The number of carbonyl (C=O) groups excluding carboxylic acids is 1. The molecule has 1 aromatic rings. The molecule has 0 bridgehead atoms. The number of hydrogen-bond donors (Lipinski definition) is 2. The fourth-order valence-electron chi connectivity index (χ4n) is 2.52. The molecule has 0 spiro atoms. The summed E-state index contributed by atoms with van der Waals surface area (Å²) < 4.78 is 0. The van der Waals surface area contributed by atoms with Gasteiger partial charge in [-0.2, -0.15) is 4.99 Å². The third-order valence-corrected chi connectivity index (χ3v) is 3.54. The normalized spacial score (nSPS) is 17.9. The van der Waals surface area contributed by atoms with Crippen LogP contribution in [0.4, 0.5) is 0 Å². The number of aliphatic imine (C=N–C) groups is 1. The molecule has 4 heteroatoms. The van der Waals surface area contributed by atoms with Crippen LogP contribution in [-0.4, -0.2) is 11.9 Å². The summed E-state index contributed by atoms with van der Waals surface area (Å²) in [5.74, 6) is -0.287. The Bertz CT molecular complexity index is 542. The first-order chi connectivity index (χ1) is 9.11. The lowest BCUT2D eigenvalue weighted by Gasteiger charge is -2.13. The van der Waals surface area contributed by atoms with Gasteiger partial charge in [-0.05, 0) is 42.4 Å². The molecule has 0 heterocycles. The molecule has 1 unspecified atom stereocenters. The number of nitrogens with zero attached hydrogens (tertiary/aromatic N) is 1. The molecular formula is C15H19N3O. The highest BCUT2D eigenvalue weighted by Crippen LogP contribution is 2.30. The molecule has 2 rings (SSSR count). The smallest absolute Gasteiger partial charge is 0.276 e. The van der Waals surface area contributed by atoms with Gasteiger partial charge in [0.15, 0.2) is 5.96 Å². The van der Waals surface area contributed by atoms with E-state index >= 15 is 0 Å². The first-order valence-electron chi connectivity index (χ1n) is 6.55. The predicted molar refractivity (Wildman–Crippen MR) is 77.3 cm³/mol. The fraction of sp³-hybridized carbons (Fsp3) is 0.333. The van der Waals surface area contributed by atoms with Gasteiger partial charge in [0.2, 0.25) is 0 Å². The Labute approximate surface area is 113 Å². The van der Waals surface area contributed by atoms with Gasteiger partial charge in [0, 0.05) is 5.57 Å². The van der Waals surface area contributed by atoms with Crippen molar-refractivity contribution < 1.29 is 4.79 Å². The fourth-order valence-corrected chi connectivity index (χ4v) is 2.52. The van der Waals surface area contributed by atoms with E-state index in [2.05, 4.69) is 18.0 Å². The second-order valence-corrected chi connectivity index (χ2v) is 4.78. The van der Waals surface area contributed by atoms with E-state index in [-0.39, 0.29) is 17.8 Å². The number of amides is 1. The Morgan fingerprint density at radius 3 is 2.79 bits per heavy atom. The van der Waals surface area contributed by atoms with E-state index in [1.807, 2.05) is 24.3 Å². The SMILES string of the molecule is CCC1CCc2ccccc2C=C1C(=O)N=C(N)N. The average molecular weight is 257 g/mol. The van der Waals surface area contributed by atoms with Crippen LogP contribution in [0.5, 0.6) is 0 Å². The van der Waals surface area contributed by atoms with Gasteiger partial charge in [-0.25, -0.2) is 0 Å². The van der Waals surface area contributed by atoms with Crippen LogP contribution in [0.15, 0.2) is 34.8 Å². The zero-order valence-corrected chi connectivity index (χ0v) is 11.1. The van der Waals surface area contributed by atoms with Crippen molar-refractivity contribution in [3.05, 3.63) is 41.0 Å². The number of rotatable bonds is 2. The van der Waals surface area contributed by atoms with E-state index in [4.69, 9.17) is 11.5 Å². The minimum Gasteiger partial charge on any atom is -0.370 e. The van der Waals surface area contributed by atoms with Crippen LogP contribution >= 0.6 is 0 Å². The molecule has 0 fully saturated rings. The number of carbonyl (C=O) groups is 1. The maximum absolute atomic E-state index is 12.1. The van der Waals surface area contributed by atoms with Crippen LogP contribution in [0.1, 0.15) is 30.9 Å². The predicted octanol–water partition coefficient (Wildman–Crippen LogP) is 1.84. The van der Waals surface area contributed by atoms with Gasteiger partial charge in [-0.3, -0.25) is 4.79 Å². The number of hydrogen-bond acceptors (Lipinski definition) is 1. The molecule has 4 N–H and O–H groups in total. The third-order valence-electron chi connectivity index (χ3n) is 3.54. The summed E-state index contributed by atoms with van der Waals surface area (Å²) in [7, 11) is 0. The molecule has 1 aliphatic rings. The van der Waals surface area contributed by atoms with Crippen molar-refractivity contribution in [1.29, 1.82) is 0 Å². The second-order valence-electron chi connectivity index (χ2n) is 4.78. The van der Waals surface area contributed by atoms with Gasteiger partial charge in [0.25, 0.3) is 5.91 Å². The maximum Gasteiger partial charge on any atom is 0.276 e. The highest BCUT2D eigenvalue weighted by molar-refractivity contribution is 6.04. The van der Waals surface area contributed by atoms with Gasteiger partial charge < -0.3 is 11.5 Å². The zero-order chi connectivity index (χ0) is 13.8. The lowest BCUT2D eigenvalue weighted by molar-refractivity contribution is -0.114. The average Bonchev–Trinajstić information content (AvgIpc) is 2.56. The summed E-state index contributed by atoms with van der Waals surface area (Å²) in [6.45, 7) is 2.08. The summed E-state index contributed by atoms with van der Waals surface area (Å²) in [4.78, 5) is 15.8. The minimum atomic E-state index is -0.316. The maximum atomic E-state index is 12.1. The molecule has 1 aromatic carbocycles. The molecule has 0 saturated carbocycles. The summed E-state index contributed by atoms with van der Waals surface area (Å²) in [5, 5.41) is 0. The number of benzene rings is 1. The van der Waals surface area contributed by atoms with E-state index in [1.54, 1.807) is 0 Å². The molecule has 0 saturated heterocycles. The molecule has 0 radical (unpaired) electrons. The first kappa shape index (κ1) is 13.3. The Hall–Kier alpha value is -2.10. The van der Waals surface area contributed by atoms with Crippen LogP contribution in [0.3, 0.4) is 0 Å². The van der Waals surface area contributed by atoms with Crippen LogP contribution in [0.2, 0.25) is 0 Å². The largest absolute Gasteiger partial charge is 0.370 e. The van der Waals surface area contributed by atoms with Crippen LogP contribution < -0.4 is 11.5 Å². The van der Waals surface area contributed by atoms with E-state index in [1.165, 1.54) is 5.56 Å². The first-order valence-corrected chi connectivity index (χ1v) is 6.55. The van der Waals surface area contributed by atoms with E-state index in [9.17, 15) is 4.79 Å². The summed E-state index contributed by atoms with van der Waals surface area (Å²) in [6, 6.07) is 8.13. The van der Waals surface area contributed by atoms with Gasteiger partial charge >= 0.3 is 0 Å². The van der Waals surface area contributed by atoms with E-state index < -0.39 is 0 Å². The van der Waals surface area contributed by atoms with Crippen molar-refractivity contribution >= 4 is 17.9 Å². The molecule has 19 heavy (non-hydrogen) atoms. The molecule has 100 valence electrons. The second kappa shape index (κ2) is 5.69. The van der Waals surface area contributed by atoms with E-state index in [0.29, 0.717) is 5.57 Å². The van der Waals surface area contributed by atoms with Crippen LogP contribution in [0.25, 0.3) is 6.08 Å². The Balaban J connectivity index is 2.44. The molecule has 0 aliphatic heterocycles. The highest BCUT2D eigenvalue weighted by atomic mass is 16.1. The Morgan fingerprint density at radius 2 is 2.11 bits per heavy atom. The van der Waals surface area contributed by atoms with Crippen molar-refractivity contribution in [2.24, 2.45) is 22.4 Å². The number of fused-ring (bicyclic) bond motifs is 1. The summed E-state index contributed by atoms with van der Waals surface area (Å²) >= 11 is 0. The number of nitrogens with two attached hydrogens (primary N) is 2. The molecule has 0 aromatic heterocycles. The zero-order valence-electron chi connectivity index (χ0n) is 11.1. The van der Waals surface area contributed by atoms with Crippen molar-refractivity contribution in [2.75, 3.05) is 0 Å². The standard InChI is InChI=1S/C15H19N3O/c1-2-10-7-8-11-5-3-4-6-12(11)9-13(10)14(19)18-15(16)17/h3-6,9-10H,2,7-8H2,1H3,(H4,16,17,18,19). The van der Waals surface area contributed by atoms with Crippen LogP contribution in [0, 0.1) is 5.92 Å². The molecule has 4 nitrogen and oxygen atoms in total. The molecule has 1 atom stereocenters. The highest BCUT2D eigenvalue weighted by Gasteiger charge is 2.22.